The van der Waals surface area contributed by atoms with Crippen molar-refractivity contribution in [3.8, 4) is 0 Å². The quantitative estimate of drug-likeness (QED) is 0.212. The Morgan fingerprint density at radius 2 is 0.808 bits per heavy atom. The molecule has 0 aromatic rings. The van der Waals surface area contributed by atoms with Crippen molar-refractivity contribution in [2.24, 2.45) is 81.3 Å². The molecule has 12 bridgehead atoms. The van der Waals surface area contributed by atoms with Crippen LogP contribution >= 0.6 is 0 Å². The molecule has 0 aromatic carbocycles. The Labute approximate surface area is 323 Å². The van der Waals surface area contributed by atoms with Gasteiger partial charge in [0.1, 0.15) is 0 Å². The van der Waals surface area contributed by atoms with Crippen molar-refractivity contribution in [1.29, 1.82) is 0 Å². The zero-order chi connectivity index (χ0) is 37.1. The highest BCUT2D eigenvalue weighted by Crippen LogP contribution is 2.62. The third kappa shape index (κ3) is 9.35. The van der Waals surface area contributed by atoms with E-state index < -0.39 is 0 Å². The molecule has 0 saturated heterocycles. The fourth-order valence-electron chi connectivity index (χ4n) is 15.0. The van der Waals surface area contributed by atoms with E-state index in [0.717, 1.165) is 66.5 Å². The highest BCUT2D eigenvalue weighted by atomic mass is 16.5. The Balaban J connectivity index is 0.000000122. The molecule has 0 aromatic heterocycles. The Hall–Kier alpha value is -0.120. The van der Waals surface area contributed by atoms with Crippen LogP contribution in [0.15, 0.2) is 0 Å². The molecule has 12 saturated carbocycles. The van der Waals surface area contributed by atoms with E-state index in [1.807, 2.05) is 0 Å². The van der Waals surface area contributed by atoms with E-state index in [2.05, 4.69) is 69.2 Å². The van der Waals surface area contributed by atoms with Gasteiger partial charge in [0.25, 0.3) is 0 Å². The van der Waals surface area contributed by atoms with Gasteiger partial charge in [-0.05, 0) is 224 Å². The number of rotatable bonds is 11. The first kappa shape index (κ1) is 40.1. The summed E-state index contributed by atoms with van der Waals surface area (Å²) in [6.07, 6.45) is 29.5. The standard InChI is InChI=1S/C18H32O.C16H28O.C15H26O/c1-13(17(2,3)4)19-6-5-18-10-14-7-15(11-18)9-16(8-14)12-18;1-11(2)12(3)17-10-16-7-13-4-14(8-16)6-15(5-13)9-16;1-10(2)11(3)16-15-7-12-4-13(8-15)6-14(5-12)9-15/h13-16H,5-12H2,1-4H3;11-15H,4-10H2,1-3H3;10-14H,4-9H2,1-3H3. The fourth-order valence-corrected chi connectivity index (χ4v) is 15.0. The average Bonchev–Trinajstić information content (AvgIpc) is 3.01. The van der Waals surface area contributed by atoms with Gasteiger partial charge < -0.3 is 14.2 Å². The SMILES string of the molecule is CC(C)C(C)OC12CC3CC(CC(C3)C1)C2.CC(C)C(C)OCC12CC3CC(CC(C3)C1)C2.CC(OCCC12CC3CC(CC(C3)C1)C2)C(C)(C)C. The van der Waals surface area contributed by atoms with Gasteiger partial charge in [-0.3, -0.25) is 0 Å². The summed E-state index contributed by atoms with van der Waals surface area (Å²) in [5.41, 5.74) is 1.87. The van der Waals surface area contributed by atoms with Gasteiger partial charge in [0, 0.05) is 6.61 Å². The summed E-state index contributed by atoms with van der Waals surface area (Å²) in [7, 11) is 0. The first-order chi connectivity index (χ1) is 24.5. The average molecular weight is 723 g/mol. The van der Waals surface area contributed by atoms with Crippen LogP contribution in [-0.2, 0) is 14.2 Å². The summed E-state index contributed by atoms with van der Waals surface area (Å²) in [4.78, 5) is 0. The second-order valence-corrected chi connectivity index (χ2v) is 23.9. The van der Waals surface area contributed by atoms with E-state index in [9.17, 15) is 0 Å². The van der Waals surface area contributed by atoms with Crippen molar-refractivity contribution in [2.45, 2.75) is 215 Å². The lowest BCUT2D eigenvalue weighted by Gasteiger charge is -2.57. The molecule has 0 heterocycles. The van der Waals surface area contributed by atoms with Gasteiger partial charge in [-0.15, -0.1) is 0 Å². The number of hydrogen-bond donors (Lipinski definition) is 0. The van der Waals surface area contributed by atoms with E-state index in [1.165, 1.54) is 103 Å². The molecular weight excluding hydrogens is 637 g/mol. The van der Waals surface area contributed by atoms with Crippen LogP contribution in [0.3, 0.4) is 0 Å². The van der Waals surface area contributed by atoms with E-state index in [0.29, 0.717) is 46.6 Å². The van der Waals surface area contributed by atoms with E-state index in [4.69, 9.17) is 14.2 Å². The maximum Gasteiger partial charge on any atom is 0.0694 e. The largest absolute Gasteiger partial charge is 0.378 e. The van der Waals surface area contributed by atoms with E-state index >= 15 is 0 Å². The summed E-state index contributed by atoms with van der Waals surface area (Å²) >= 11 is 0. The Morgan fingerprint density at radius 3 is 1.15 bits per heavy atom. The molecule has 0 amide bonds. The summed E-state index contributed by atoms with van der Waals surface area (Å²) < 4.78 is 18.8. The van der Waals surface area contributed by atoms with Gasteiger partial charge in [-0.1, -0.05) is 48.5 Å². The topological polar surface area (TPSA) is 27.7 Å². The Kier molecular flexibility index (Phi) is 12.1. The van der Waals surface area contributed by atoms with Gasteiger partial charge >= 0.3 is 0 Å². The molecule has 300 valence electrons. The molecule has 0 spiro atoms. The summed E-state index contributed by atoms with van der Waals surface area (Å²) in [5.74, 6) is 10.7. The lowest BCUT2D eigenvalue weighted by Crippen LogP contribution is -2.53. The van der Waals surface area contributed by atoms with Crippen molar-refractivity contribution in [2.75, 3.05) is 13.2 Å². The molecule has 3 nitrogen and oxygen atoms in total. The van der Waals surface area contributed by atoms with Crippen molar-refractivity contribution >= 4 is 0 Å². The van der Waals surface area contributed by atoms with Gasteiger partial charge in [-0.25, -0.2) is 0 Å². The molecule has 12 aliphatic carbocycles. The molecule has 0 aliphatic heterocycles. The van der Waals surface area contributed by atoms with Crippen LogP contribution in [0.2, 0.25) is 0 Å². The number of hydrogen-bond acceptors (Lipinski definition) is 3. The minimum atomic E-state index is 0.279. The summed E-state index contributed by atoms with van der Waals surface area (Å²) in [6, 6.07) is 0. The molecule has 3 unspecified atom stereocenters. The zero-order valence-corrected chi connectivity index (χ0v) is 36.2. The minimum absolute atomic E-state index is 0.279. The van der Waals surface area contributed by atoms with Crippen molar-refractivity contribution < 1.29 is 14.2 Å². The minimum Gasteiger partial charge on any atom is -0.378 e. The molecule has 12 fully saturated rings. The van der Waals surface area contributed by atoms with Gasteiger partial charge in [0.05, 0.1) is 30.5 Å². The second kappa shape index (κ2) is 15.7. The lowest BCUT2D eigenvalue weighted by atomic mass is 9.49. The fraction of sp³-hybridized carbons (Fsp3) is 1.00. The lowest BCUT2D eigenvalue weighted by molar-refractivity contribution is -0.191. The predicted octanol–water partition coefficient (Wildman–Crippen LogP) is 13.3. The number of ether oxygens (including phenoxy) is 3. The van der Waals surface area contributed by atoms with Crippen LogP contribution in [0, 0.1) is 81.3 Å². The molecular formula is C49H86O3. The Morgan fingerprint density at radius 1 is 0.462 bits per heavy atom. The van der Waals surface area contributed by atoms with Crippen LogP contribution < -0.4 is 0 Å². The first-order valence-electron chi connectivity index (χ1n) is 23.4. The van der Waals surface area contributed by atoms with Crippen LogP contribution in [-0.4, -0.2) is 37.1 Å². The third-order valence-corrected chi connectivity index (χ3v) is 17.5. The van der Waals surface area contributed by atoms with E-state index in [-0.39, 0.29) is 5.41 Å². The smallest absolute Gasteiger partial charge is 0.0694 e. The Bertz CT molecular complexity index is 1050. The van der Waals surface area contributed by atoms with Crippen LogP contribution in [0.5, 0.6) is 0 Å². The maximum absolute atomic E-state index is 6.51. The van der Waals surface area contributed by atoms with Crippen molar-refractivity contribution in [3.63, 3.8) is 0 Å². The molecule has 0 N–H and O–H groups in total. The normalized spacial score (nSPS) is 45.1. The molecule has 3 atom stereocenters. The maximum atomic E-state index is 6.51. The highest BCUT2D eigenvalue weighted by Gasteiger charge is 2.53. The molecule has 12 aliphatic rings. The van der Waals surface area contributed by atoms with E-state index in [1.54, 1.807) is 19.3 Å². The third-order valence-electron chi connectivity index (χ3n) is 17.5. The van der Waals surface area contributed by atoms with Crippen molar-refractivity contribution in [1.82, 2.24) is 0 Å². The highest BCUT2D eigenvalue weighted by molar-refractivity contribution is 5.04. The predicted molar refractivity (Wildman–Crippen MR) is 217 cm³/mol. The zero-order valence-electron chi connectivity index (χ0n) is 36.2. The summed E-state index contributed by atoms with van der Waals surface area (Å²) in [6.45, 7) is 24.7. The second-order valence-electron chi connectivity index (χ2n) is 23.9. The monoisotopic (exact) mass is 723 g/mol. The van der Waals surface area contributed by atoms with Gasteiger partial charge in [0.2, 0.25) is 0 Å². The van der Waals surface area contributed by atoms with Crippen molar-refractivity contribution in [3.05, 3.63) is 0 Å². The molecule has 12 rings (SSSR count). The molecule has 52 heavy (non-hydrogen) atoms. The molecule has 3 heteroatoms. The van der Waals surface area contributed by atoms with Gasteiger partial charge in [-0.2, -0.15) is 0 Å². The van der Waals surface area contributed by atoms with Crippen LogP contribution in [0.1, 0.15) is 191 Å². The first-order valence-corrected chi connectivity index (χ1v) is 23.4. The van der Waals surface area contributed by atoms with Gasteiger partial charge in [0.15, 0.2) is 0 Å². The summed E-state index contributed by atoms with van der Waals surface area (Å²) in [5, 5.41) is 0. The van der Waals surface area contributed by atoms with Crippen LogP contribution in [0.4, 0.5) is 0 Å². The van der Waals surface area contributed by atoms with Crippen LogP contribution in [0.25, 0.3) is 0 Å². The molecule has 0 radical (unpaired) electrons.